The van der Waals surface area contributed by atoms with Crippen molar-refractivity contribution in [3.8, 4) is 0 Å². The van der Waals surface area contributed by atoms with E-state index in [0.29, 0.717) is 41.6 Å². The van der Waals surface area contributed by atoms with Gasteiger partial charge >= 0.3 is 12.0 Å². The van der Waals surface area contributed by atoms with E-state index in [9.17, 15) is 18.4 Å². The van der Waals surface area contributed by atoms with Crippen LogP contribution >= 0.6 is 11.3 Å². The van der Waals surface area contributed by atoms with E-state index in [-0.39, 0.29) is 17.0 Å². The summed E-state index contributed by atoms with van der Waals surface area (Å²) >= 11 is 0.897. The van der Waals surface area contributed by atoms with E-state index >= 15 is 0 Å². The highest BCUT2D eigenvalue weighted by atomic mass is 32.1. The van der Waals surface area contributed by atoms with Crippen LogP contribution in [-0.2, 0) is 4.79 Å². The van der Waals surface area contributed by atoms with Gasteiger partial charge in [-0.05, 0) is 43.9 Å². The molecule has 1 aliphatic carbocycles. The summed E-state index contributed by atoms with van der Waals surface area (Å²) in [5.41, 5.74) is 0.965. The van der Waals surface area contributed by atoms with Gasteiger partial charge in [-0.1, -0.05) is 0 Å². The standard InChI is InChI=1S/C16H17F2N3O3S/c17-13(18)14-21-11-6-5-10(7-12(11)25-14)20-16(24)19-9-3-1-8(2-4-9)15(22)23/h5-9,13H,1-4H2,(H,22,23)(H2,19,20,24). The number of amides is 2. The Morgan fingerprint density at radius 2 is 1.96 bits per heavy atom. The molecule has 1 aromatic carbocycles. The summed E-state index contributed by atoms with van der Waals surface area (Å²) in [4.78, 5) is 26.8. The van der Waals surface area contributed by atoms with Gasteiger partial charge in [0.1, 0.15) is 0 Å². The van der Waals surface area contributed by atoms with Gasteiger partial charge in [0.2, 0.25) is 0 Å². The first-order valence-corrected chi connectivity index (χ1v) is 8.73. The lowest BCUT2D eigenvalue weighted by molar-refractivity contribution is -0.142. The Balaban J connectivity index is 1.57. The van der Waals surface area contributed by atoms with E-state index in [4.69, 9.17) is 5.11 Å². The Labute approximate surface area is 146 Å². The lowest BCUT2D eigenvalue weighted by Crippen LogP contribution is -2.40. The van der Waals surface area contributed by atoms with Crippen molar-refractivity contribution in [2.75, 3.05) is 5.32 Å². The number of thiazole rings is 1. The molecule has 3 N–H and O–H groups in total. The number of carboxylic acid groups (broad SMARTS) is 1. The van der Waals surface area contributed by atoms with E-state index in [0.717, 1.165) is 11.3 Å². The Hall–Kier alpha value is -2.29. The Morgan fingerprint density at radius 1 is 1.24 bits per heavy atom. The van der Waals surface area contributed by atoms with Crippen LogP contribution in [0.25, 0.3) is 10.2 Å². The molecule has 1 aliphatic rings. The van der Waals surface area contributed by atoms with Crippen LogP contribution in [-0.4, -0.2) is 28.1 Å². The number of urea groups is 1. The number of rotatable bonds is 4. The number of carbonyl (C=O) groups is 2. The fourth-order valence-corrected chi connectivity index (χ4v) is 3.81. The average Bonchev–Trinajstić information content (AvgIpc) is 2.99. The second-order valence-corrected chi connectivity index (χ2v) is 7.08. The van der Waals surface area contributed by atoms with E-state index in [2.05, 4.69) is 15.6 Å². The third kappa shape index (κ3) is 4.22. The number of carbonyl (C=O) groups excluding carboxylic acids is 1. The summed E-state index contributed by atoms with van der Waals surface area (Å²) in [6.45, 7) is 0. The summed E-state index contributed by atoms with van der Waals surface area (Å²) in [6, 6.07) is 4.36. The number of carboxylic acids is 1. The van der Waals surface area contributed by atoms with Crippen molar-refractivity contribution >= 4 is 39.2 Å². The molecule has 0 aliphatic heterocycles. The van der Waals surface area contributed by atoms with Gasteiger partial charge in [0.05, 0.1) is 16.1 Å². The monoisotopic (exact) mass is 369 g/mol. The highest BCUT2D eigenvalue weighted by molar-refractivity contribution is 7.18. The normalized spacial score (nSPS) is 20.6. The molecule has 0 saturated heterocycles. The topological polar surface area (TPSA) is 91.3 Å². The number of nitrogens with one attached hydrogen (secondary N) is 2. The van der Waals surface area contributed by atoms with Crippen molar-refractivity contribution in [3.63, 3.8) is 0 Å². The van der Waals surface area contributed by atoms with Crippen LogP contribution in [0.5, 0.6) is 0 Å². The van der Waals surface area contributed by atoms with Crippen LogP contribution in [0.3, 0.4) is 0 Å². The van der Waals surface area contributed by atoms with Gasteiger partial charge < -0.3 is 15.7 Å². The molecular formula is C16H17F2N3O3S. The van der Waals surface area contributed by atoms with Crippen LogP contribution in [0.4, 0.5) is 19.3 Å². The summed E-state index contributed by atoms with van der Waals surface area (Å²) in [5.74, 6) is -1.12. The first-order valence-electron chi connectivity index (χ1n) is 7.91. The predicted molar refractivity (Wildman–Crippen MR) is 90.1 cm³/mol. The summed E-state index contributed by atoms with van der Waals surface area (Å²) in [7, 11) is 0. The predicted octanol–water partition coefficient (Wildman–Crippen LogP) is 4.00. The largest absolute Gasteiger partial charge is 0.481 e. The number of aliphatic carboxylic acids is 1. The number of hydrogen-bond acceptors (Lipinski definition) is 4. The lowest BCUT2D eigenvalue weighted by atomic mass is 9.86. The van der Waals surface area contributed by atoms with E-state index < -0.39 is 18.4 Å². The number of alkyl halides is 2. The Bertz CT molecular complexity index is 788. The maximum atomic E-state index is 12.7. The van der Waals surface area contributed by atoms with Gasteiger partial charge in [0, 0.05) is 11.7 Å². The van der Waals surface area contributed by atoms with Crippen molar-refractivity contribution in [2.24, 2.45) is 5.92 Å². The summed E-state index contributed by atoms with van der Waals surface area (Å²) in [5, 5.41) is 14.2. The number of anilines is 1. The number of aromatic nitrogens is 1. The van der Waals surface area contributed by atoms with Crippen molar-refractivity contribution in [1.82, 2.24) is 10.3 Å². The molecule has 0 spiro atoms. The van der Waals surface area contributed by atoms with Gasteiger partial charge in [-0.15, -0.1) is 11.3 Å². The minimum absolute atomic E-state index is 0.0619. The highest BCUT2D eigenvalue weighted by Gasteiger charge is 2.26. The van der Waals surface area contributed by atoms with E-state index in [1.807, 2.05) is 0 Å². The summed E-state index contributed by atoms with van der Waals surface area (Å²) in [6.07, 6.45) is -0.281. The second-order valence-electron chi connectivity index (χ2n) is 6.02. The molecule has 0 bridgehead atoms. The molecule has 0 unspecified atom stereocenters. The fraction of sp³-hybridized carbons (Fsp3) is 0.438. The quantitative estimate of drug-likeness (QED) is 0.760. The Kier molecular flexibility index (Phi) is 5.12. The van der Waals surface area contributed by atoms with Crippen LogP contribution in [0, 0.1) is 5.92 Å². The van der Waals surface area contributed by atoms with Gasteiger partial charge in [0.25, 0.3) is 6.43 Å². The molecule has 9 heteroatoms. The molecule has 1 fully saturated rings. The molecule has 6 nitrogen and oxygen atoms in total. The molecule has 0 atom stereocenters. The SMILES string of the molecule is O=C(Nc1ccc2nc(C(F)F)sc2c1)NC1CCC(C(=O)O)CC1. The highest BCUT2D eigenvalue weighted by Crippen LogP contribution is 2.31. The smallest absolute Gasteiger partial charge is 0.319 e. The van der Waals surface area contributed by atoms with Gasteiger partial charge in [-0.3, -0.25) is 4.79 Å². The van der Waals surface area contributed by atoms with Gasteiger partial charge in [-0.2, -0.15) is 0 Å². The molecule has 1 aromatic heterocycles. The third-order valence-electron chi connectivity index (χ3n) is 4.26. The zero-order chi connectivity index (χ0) is 18.0. The van der Waals surface area contributed by atoms with Crippen LogP contribution in [0.15, 0.2) is 18.2 Å². The average molecular weight is 369 g/mol. The lowest BCUT2D eigenvalue weighted by Gasteiger charge is -2.26. The molecule has 1 saturated carbocycles. The maximum Gasteiger partial charge on any atom is 0.319 e. The zero-order valence-electron chi connectivity index (χ0n) is 13.2. The fourth-order valence-electron chi connectivity index (χ4n) is 2.95. The van der Waals surface area contributed by atoms with Crippen LogP contribution in [0.1, 0.15) is 37.1 Å². The Morgan fingerprint density at radius 3 is 2.60 bits per heavy atom. The molecule has 3 rings (SSSR count). The van der Waals surface area contributed by atoms with E-state index in [1.54, 1.807) is 18.2 Å². The van der Waals surface area contributed by atoms with Gasteiger partial charge in [-0.25, -0.2) is 18.6 Å². The van der Waals surface area contributed by atoms with Crippen molar-refractivity contribution in [1.29, 1.82) is 0 Å². The van der Waals surface area contributed by atoms with Crippen molar-refractivity contribution < 1.29 is 23.5 Å². The summed E-state index contributed by atoms with van der Waals surface area (Å²) < 4.78 is 25.9. The molecular weight excluding hydrogens is 352 g/mol. The molecule has 2 amide bonds. The maximum absolute atomic E-state index is 12.7. The van der Waals surface area contributed by atoms with Crippen LogP contribution < -0.4 is 10.6 Å². The molecule has 134 valence electrons. The first-order chi connectivity index (χ1) is 11.9. The minimum Gasteiger partial charge on any atom is -0.481 e. The minimum atomic E-state index is -2.61. The van der Waals surface area contributed by atoms with Crippen molar-refractivity contribution in [2.45, 2.75) is 38.2 Å². The molecule has 0 radical (unpaired) electrons. The number of benzene rings is 1. The van der Waals surface area contributed by atoms with Crippen LogP contribution in [0.2, 0.25) is 0 Å². The first kappa shape index (κ1) is 17.5. The number of fused-ring (bicyclic) bond motifs is 1. The molecule has 2 aromatic rings. The van der Waals surface area contributed by atoms with E-state index in [1.165, 1.54) is 0 Å². The number of nitrogens with zero attached hydrogens (tertiary/aromatic N) is 1. The number of hydrogen-bond donors (Lipinski definition) is 3. The van der Waals surface area contributed by atoms with Crippen molar-refractivity contribution in [3.05, 3.63) is 23.2 Å². The zero-order valence-corrected chi connectivity index (χ0v) is 14.0. The third-order valence-corrected chi connectivity index (χ3v) is 5.29. The molecule has 1 heterocycles. The molecule has 25 heavy (non-hydrogen) atoms. The second kappa shape index (κ2) is 7.30. The number of halogens is 2. The van der Waals surface area contributed by atoms with Gasteiger partial charge in [0.15, 0.2) is 5.01 Å².